The Balaban J connectivity index is 2.34. The molecule has 0 bridgehead atoms. The quantitative estimate of drug-likeness (QED) is 0.912. The maximum atomic E-state index is 5.99. The summed E-state index contributed by atoms with van der Waals surface area (Å²) in [5.74, 6) is 1.42. The number of methoxy groups -OCH3 is 2. The number of nitrogens with two attached hydrogens (primary N) is 1. The summed E-state index contributed by atoms with van der Waals surface area (Å²) in [4.78, 5) is 4.58. The number of ether oxygens (including phenoxy) is 2. The Morgan fingerprint density at radius 1 is 1.26 bits per heavy atom. The molecular formula is C14H18N2O2S. The van der Waals surface area contributed by atoms with Crippen molar-refractivity contribution in [3.8, 4) is 22.8 Å². The molecule has 1 atom stereocenters. The number of nitrogens with zero attached hydrogens (tertiary/aromatic N) is 1. The van der Waals surface area contributed by atoms with Gasteiger partial charge >= 0.3 is 0 Å². The molecule has 1 aromatic carbocycles. The van der Waals surface area contributed by atoms with Gasteiger partial charge in [0.2, 0.25) is 0 Å². The minimum atomic E-state index is 0.0129. The lowest BCUT2D eigenvalue weighted by Gasteiger charge is -2.08. The molecule has 4 nitrogen and oxygen atoms in total. The number of rotatable bonds is 5. The lowest BCUT2D eigenvalue weighted by atomic mass is 10.1. The smallest absolute Gasteiger partial charge is 0.161 e. The van der Waals surface area contributed by atoms with Crippen LogP contribution in [0.3, 0.4) is 0 Å². The Kier molecular flexibility index (Phi) is 4.39. The third-order valence-corrected chi connectivity index (χ3v) is 3.93. The second kappa shape index (κ2) is 6.04. The minimum absolute atomic E-state index is 0.0129. The second-order valence-electron chi connectivity index (χ2n) is 4.16. The molecule has 1 aromatic heterocycles. The number of hydrogen-bond acceptors (Lipinski definition) is 5. The third-order valence-electron chi connectivity index (χ3n) is 2.96. The van der Waals surface area contributed by atoms with Gasteiger partial charge in [-0.15, -0.1) is 11.3 Å². The van der Waals surface area contributed by atoms with Crippen molar-refractivity contribution in [2.75, 3.05) is 14.2 Å². The molecule has 0 aliphatic carbocycles. The molecule has 1 unspecified atom stereocenters. The number of thiazole rings is 1. The first kappa shape index (κ1) is 13.8. The van der Waals surface area contributed by atoms with Gasteiger partial charge in [0, 0.05) is 10.9 Å². The van der Waals surface area contributed by atoms with Gasteiger partial charge in [-0.25, -0.2) is 4.98 Å². The van der Waals surface area contributed by atoms with Crippen LogP contribution in [-0.2, 0) is 0 Å². The summed E-state index contributed by atoms with van der Waals surface area (Å²) in [5, 5.41) is 2.99. The van der Waals surface area contributed by atoms with E-state index in [1.165, 1.54) is 0 Å². The Morgan fingerprint density at radius 3 is 2.63 bits per heavy atom. The molecule has 2 aromatic rings. The van der Waals surface area contributed by atoms with Crippen molar-refractivity contribution in [2.45, 2.75) is 19.4 Å². The standard InChI is InChI=1S/C14H18N2O2S/c1-4-10(15)14-16-11(8-19-14)9-5-6-12(17-2)13(7-9)18-3/h5-8,10H,4,15H2,1-3H3. The molecule has 102 valence electrons. The van der Waals surface area contributed by atoms with Crippen molar-refractivity contribution in [1.82, 2.24) is 4.98 Å². The molecule has 0 amide bonds. The van der Waals surface area contributed by atoms with E-state index in [-0.39, 0.29) is 6.04 Å². The Labute approximate surface area is 117 Å². The van der Waals surface area contributed by atoms with Gasteiger partial charge < -0.3 is 15.2 Å². The molecule has 2 rings (SSSR count). The molecule has 1 heterocycles. The zero-order chi connectivity index (χ0) is 13.8. The molecule has 0 spiro atoms. The van der Waals surface area contributed by atoms with Crippen molar-refractivity contribution in [2.24, 2.45) is 5.73 Å². The van der Waals surface area contributed by atoms with Crippen LogP contribution < -0.4 is 15.2 Å². The molecular weight excluding hydrogens is 260 g/mol. The van der Waals surface area contributed by atoms with Crippen LogP contribution in [-0.4, -0.2) is 19.2 Å². The third kappa shape index (κ3) is 2.88. The highest BCUT2D eigenvalue weighted by atomic mass is 32.1. The fraction of sp³-hybridized carbons (Fsp3) is 0.357. The molecule has 2 N–H and O–H groups in total. The van der Waals surface area contributed by atoms with Crippen LogP contribution in [0.5, 0.6) is 11.5 Å². The largest absolute Gasteiger partial charge is 0.493 e. The monoisotopic (exact) mass is 278 g/mol. The Morgan fingerprint density at radius 2 is 2.00 bits per heavy atom. The van der Waals surface area contributed by atoms with E-state index in [1.54, 1.807) is 25.6 Å². The summed E-state index contributed by atoms with van der Waals surface area (Å²) < 4.78 is 10.5. The fourth-order valence-corrected chi connectivity index (χ4v) is 2.67. The molecule has 0 aliphatic rings. The minimum Gasteiger partial charge on any atom is -0.493 e. The Bertz CT molecular complexity index is 554. The van der Waals surface area contributed by atoms with Crippen LogP contribution in [0.15, 0.2) is 23.6 Å². The van der Waals surface area contributed by atoms with E-state index in [4.69, 9.17) is 15.2 Å². The van der Waals surface area contributed by atoms with E-state index in [2.05, 4.69) is 11.9 Å². The predicted octanol–water partition coefficient (Wildman–Crippen LogP) is 3.24. The van der Waals surface area contributed by atoms with Crippen LogP contribution in [0, 0.1) is 0 Å². The van der Waals surface area contributed by atoms with Crippen molar-refractivity contribution >= 4 is 11.3 Å². The lowest BCUT2D eigenvalue weighted by molar-refractivity contribution is 0.355. The highest BCUT2D eigenvalue weighted by molar-refractivity contribution is 7.10. The first-order valence-electron chi connectivity index (χ1n) is 6.13. The van der Waals surface area contributed by atoms with Crippen LogP contribution in [0.4, 0.5) is 0 Å². The first-order chi connectivity index (χ1) is 9.19. The van der Waals surface area contributed by atoms with Gasteiger partial charge in [0.05, 0.1) is 26.0 Å². The topological polar surface area (TPSA) is 57.4 Å². The summed E-state index contributed by atoms with van der Waals surface area (Å²) in [6.45, 7) is 2.06. The van der Waals surface area contributed by atoms with Gasteiger partial charge in [-0.05, 0) is 24.6 Å². The number of aromatic nitrogens is 1. The van der Waals surface area contributed by atoms with Gasteiger partial charge in [0.25, 0.3) is 0 Å². The average Bonchev–Trinajstić information content (AvgIpc) is 2.95. The van der Waals surface area contributed by atoms with E-state index in [9.17, 15) is 0 Å². The SMILES string of the molecule is CCC(N)c1nc(-c2ccc(OC)c(OC)c2)cs1. The van der Waals surface area contributed by atoms with E-state index in [0.717, 1.165) is 22.7 Å². The van der Waals surface area contributed by atoms with Crippen molar-refractivity contribution in [3.05, 3.63) is 28.6 Å². The summed E-state index contributed by atoms with van der Waals surface area (Å²) in [7, 11) is 3.25. The summed E-state index contributed by atoms with van der Waals surface area (Å²) >= 11 is 1.59. The molecule has 0 saturated carbocycles. The van der Waals surface area contributed by atoms with E-state index < -0.39 is 0 Å². The van der Waals surface area contributed by atoms with E-state index in [1.807, 2.05) is 23.6 Å². The number of benzene rings is 1. The van der Waals surface area contributed by atoms with Gasteiger partial charge in [-0.3, -0.25) is 0 Å². The number of hydrogen-bond donors (Lipinski definition) is 1. The van der Waals surface area contributed by atoms with E-state index in [0.29, 0.717) is 11.5 Å². The zero-order valence-corrected chi connectivity index (χ0v) is 12.2. The summed E-state index contributed by atoms with van der Waals surface area (Å²) in [6, 6.07) is 5.79. The maximum Gasteiger partial charge on any atom is 0.161 e. The van der Waals surface area contributed by atoms with E-state index >= 15 is 0 Å². The predicted molar refractivity (Wildman–Crippen MR) is 77.9 cm³/mol. The van der Waals surface area contributed by atoms with Gasteiger partial charge in [0.15, 0.2) is 11.5 Å². The highest BCUT2D eigenvalue weighted by Gasteiger charge is 2.12. The van der Waals surface area contributed by atoms with Gasteiger partial charge in [-0.1, -0.05) is 6.92 Å². The van der Waals surface area contributed by atoms with Gasteiger partial charge in [0.1, 0.15) is 5.01 Å². The molecule has 5 heteroatoms. The first-order valence-corrected chi connectivity index (χ1v) is 7.01. The normalized spacial score (nSPS) is 12.2. The lowest BCUT2D eigenvalue weighted by Crippen LogP contribution is -2.07. The highest BCUT2D eigenvalue weighted by Crippen LogP contribution is 2.33. The van der Waals surface area contributed by atoms with Crippen molar-refractivity contribution in [1.29, 1.82) is 0 Å². The summed E-state index contributed by atoms with van der Waals surface area (Å²) in [6.07, 6.45) is 0.888. The molecule has 19 heavy (non-hydrogen) atoms. The summed E-state index contributed by atoms with van der Waals surface area (Å²) in [5.41, 5.74) is 7.91. The molecule has 0 aliphatic heterocycles. The second-order valence-corrected chi connectivity index (χ2v) is 5.05. The molecule has 0 fully saturated rings. The van der Waals surface area contributed by atoms with Crippen molar-refractivity contribution < 1.29 is 9.47 Å². The van der Waals surface area contributed by atoms with Crippen molar-refractivity contribution in [3.63, 3.8) is 0 Å². The van der Waals surface area contributed by atoms with Crippen LogP contribution >= 0.6 is 11.3 Å². The van der Waals surface area contributed by atoms with Crippen LogP contribution in [0.1, 0.15) is 24.4 Å². The van der Waals surface area contributed by atoms with Crippen LogP contribution in [0.25, 0.3) is 11.3 Å². The Hall–Kier alpha value is -1.59. The average molecular weight is 278 g/mol. The maximum absolute atomic E-state index is 5.99. The van der Waals surface area contributed by atoms with Gasteiger partial charge in [-0.2, -0.15) is 0 Å². The fourth-order valence-electron chi connectivity index (χ4n) is 1.76. The van der Waals surface area contributed by atoms with Crippen LogP contribution in [0.2, 0.25) is 0 Å². The molecule has 0 saturated heterocycles. The zero-order valence-electron chi connectivity index (χ0n) is 11.3. The molecule has 0 radical (unpaired) electrons.